The molecule has 4 aromatic carbocycles. The number of benzene rings is 4. The van der Waals surface area contributed by atoms with E-state index in [0.717, 1.165) is 21.9 Å². The van der Waals surface area contributed by atoms with E-state index in [4.69, 9.17) is 4.74 Å². The lowest BCUT2D eigenvalue weighted by atomic mass is 9.70. The topological polar surface area (TPSA) is 73.2 Å². The van der Waals surface area contributed by atoms with Gasteiger partial charge in [0, 0.05) is 12.5 Å². The molecule has 182 valence electrons. The number of aromatic hydroxyl groups is 2. The molecule has 4 rings (SSSR count). The third-order valence-corrected chi connectivity index (χ3v) is 7.13. The molecule has 2 atom stereocenters. The number of ether oxygens (including phenoxy) is 1. The van der Waals surface area contributed by atoms with Crippen molar-refractivity contribution in [1.29, 1.82) is 0 Å². The summed E-state index contributed by atoms with van der Waals surface area (Å²) in [6, 6.07) is 24.9. The lowest BCUT2D eigenvalue weighted by Gasteiger charge is -2.40. The maximum atomic E-state index is 12.8. The van der Waals surface area contributed by atoms with Crippen molar-refractivity contribution < 1.29 is 20.1 Å². The van der Waals surface area contributed by atoms with Gasteiger partial charge in [0.05, 0.1) is 17.1 Å². The number of rotatable bonds is 8. The molecule has 0 aliphatic rings. The van der Waals surface area contributed by atoms with E-state index in [1.54, 1.807) is 0 Å². The van der Waals surface area contributed by atoms with Crippen LogP contribution in [0.2, 0.25) is 0 Å². The van der Waals surface area contributed by atoms with Crippen LogP contribution in [0.1, 0.15) is 29.0 Å². The predicted molar refractivity (Wildman–Crippen MR) is 143 cm³/mol. The molecule has 0 bridgehead atoms. The molecule has 0 amide bonds. The van der Waals surface area contributed by atoms with E-state index >= 15 is 0 Å². The average molecular weight is 536 g/mol. The molecule has 0 saturated heterocycles. The summed E-state index contributed by atoms with van der Waals surface area (Å²) < 4.78 is 5.93. The number of methoxy groups -OCH3 is 1. The highest BCUT2D eigenvalue weighted by Gasteiger charge is 2.44. The molecule has 6 heteroatoms. The summed E-state index contributed by atoms with van der Waals surface area (Å²) in [5.74, 6) is -0.837. The number of fused-ring (bicyclic) bond motifs is 1. The second kappa shape index (κ2) is 10.3. The fourth-order valence-electron chi connectivity index (χ4n) is 4.86. The molecule has 0 aliphatic heterocycles. The molecule has 0 radical (unpaired) electrons. The van der Waals surface area contributed by atoms with Crippen molar-refractivity contribution in [1.82, 2.24) is 4.90 Å². The zero-order valence-corrected chi connectivity index (χ0v) is 21.7. The predicted octanol–water partition coefficient (Wildman–Crippen LogP) is 5.99. The van der Waals surface area contributed by atoms with Crippen molar-refractivity contribution in [2.75, 3.05) is 27.7 Å². The zero-order chi connectivity index (χ0) is 25.2. The molecule has 4 aromatic rings. The Morgan fingerprint density at radius 1 is 0.943 bits per heavy atom. The Morgan fingerprint density at radius 3 is 2.29 bits per heavy atom. The van der Waals surface area contributed by atoms with Crippen molar-refractivity contribution in [2.45, 2.75) is 17.9 Å². The molecule has 0 fully saturated rings. The fraction of sp³-hybridized carbons (Fsp3) is 0.241. The number of aliphatic hydroxyl groups is 1. The molecular weight excluding hydrogens is 506 g/mol. The fourth-order valence-corrected chi connectivity index (χ4v) is 5.26. The molecule has 0 saturated carbocycles. The van der Waals surface area contributed by atoms with Crippen LogP contribution in [0.25, 0.3) is 10.8 Å². The van der Waals surface area contributed by atoms with Gasteiger partial charge in [-0.1, -0.05) is 72.8 Å². The smallest absolute Gasteiger partial charge is 0.172 e. The second-order valence-corrected chi connectivity index (χ2v) is 9.88. The van der Waals surface area contributed by atoms with Gasteiger partial charge in [0.1, 0.15) is 11.4 Å². The van der Waals surface area contributed by atoms with Gasteiger partial charge in [0.2, 0.25) is 0 Å². The van der Waals surface area contributed by atoms with Gasteiger partial charge in [0.25, 0.3) is 0 Å². The SMILES string of the molecule is COc1c(O)c(Br)cc(O)c1[C@@H](c1ccccc1)[C@@](O)(CCN(C)C)c1cccc2ccccc12. The van der Waals surface area contributed by atoms with Gasteiger partial charge in [-0.2, -0.15) is 0 Å². The summed E-state index contributed by atoms with van der Waals surface area (Å²) in [6.07, 6.45) is 0.368. The maximum Gasteiger partial charge on any atom is 0.172 e. The summed E-state index contributed by atoms with van der Waals surface area (Å²) in [5.41, 5.74) is 0.401. The Hall–Kier alpha value is -3.06. The van der Waals surface area contributed by atoms with Crippen LogP contribution in [0.4, 0.5) is 0 Å². The Kier molecular flexibility index (Phi) is 7.36. The summed E-state index contributed by atoms with van der Waals surface area (Å²) in [7, 11) is 5.37. The molecule has 0 aliphatic carbocycles. The first-order chi connectivity index (χ1) is 16.8. The van der Waals surface area contributed by atoms with Crippen molar-refractivity contribution >= 4 is 26.7 Å². The minimum Gasteiger partial charge on any atom is -0.507 e. The summed E-state index contributed by atoms with van der Waals surface area (Å²) in [5, 5.41) is 36.8. The summed E-state index contributed by atoms with van der Waals surface area (Å²) in [4.78, 5) is 2.02. The molecule has 0 unspecified atom stereocenters. The Labute approximate surface area is 214 Å². The quantitative estimate of drug-likeness (QED) is 0.241. The van der Waals surface area contributed by atoms with Crippen LogP contribution in [0.15, 0.2) is 83.3 Å². The number of phenolic OH excluding ortho intramolecular Hbond substituents is 2. The molecule has 0 heterocycles. The monoisotopic (exact) mass is 535 g/mol. The molecular formula is C29H30BrNO4. The van der Waals surface area contributed by atoms with Gasteiger partial charge >= 0.3 is 0 Å². The third kappa shape index (κ3) is 4.74. The van der Waals surface area contributed by atoms with E-state index in [1.165, 1.54) is 13.2 Å². The van der Waals surface area contributed by atoms with Gasteiger partial charge < -0.3 is 25.0 Å². The van der Waals surface area contributed by atoms with Gasteiger partial charge in [-0.25, -0.2) is 0 Å². The molecule has 0 aromatic heterocycles. The van der Waals surface area contributed by atoms with Crippen LogP contribution in [0.5, 0.6) is 17.2 Å². The molecule has 0 spiro atoms. The van der Waals surface area contributed by atoms with Crippen LogP contribution in [-0.4, -0.2) is 48.0 Å². The van der Waals surface area contributed by atoms with Crippen LogP contribution >= 0.6 is 15.9 Å². The summed E-state index contributed by atoms with van der Waals surface area (Å²) in [6.45, 7) is 0.592. The van der Waals surface area contributed by atoms with Gasteiger partial charge in [0.15, 0.2) is 11.5 Å². The highest BCUT2D eigenvalue weighted by molar-refractivity contribution is 9.10. The van der Waals surface area contributed by atoms with E-state index in [0.29, 0.717) is 23.0 Å². The van der Waals surface area contributed by atoms with Crippen LogP contribution in [0, 0.1) is 0 Å². The minimum atomic E-state index is -1.46. The van der Waals surface area contributed by atoms with Crippen LogP contribution < -0.4 is 4.74 Å². The minimum absolute atomic E-state index is 0.0797. The first-order valence-corrected chi connectivity index (χ1v) is 12.3. The van der Waals surface area contributed by atoms with Crippen molar-refractivity contribution in [3.05, 3.63) is 100 Å². The molecule has 35 heavy (non-hydrogen) atoms. The first kappa shape index (κ1) is 25.0. The van der Waals surface area contributed by atoms with E-state index in [9.17, 15) is 15.3 Å². The lowest BCUT2D eigenvalue weighted by Crippen LogP contribution is -2.38. The highest BCUT2D eigenvalue weighted by Crippen LogP contribution is 2.54. The number of nitrogens with zero attached hydrogens (tertiary/aromatic N) is 1. The largest absolute Gasteiger partial charge is 0.507 e. The Bertz CT molecular complexity index is 1320. The molecule has 5 nitrogen and oxygen atoms in total. The van der Waals surface area contributed by atoms with Gasteiger partial charge in [-0.05, 0) is 64.4 Å². The van der Waals surface area contributed by atoms with E-state index in [2.05, 4.69) is 15.9 Å². The van der Waals surface area contributed by atoms with E-state index in [-0.39, 0.29) is 17.2 Å². The summed E-state index contributed by atoms with van der Waals surface area (Å²) >= 11 is 3.30. The van der Waals surface area contributed by atoms with Crippen molar-refractivity contribution in [3.8, 4) is 17.2 Å². The normalized spacial score (nSPS) is 14.1. The standard InChI is InChI=1S/C29H30BrNO4/c1-31(2)17-16-29(34,22-15-9-13-19-10-7-8-14-21(19)22)26(20-11-5-4-6-12-20)25-24(32)18-23(30)27(33)28(25)35-3/h4-15,18,26,32-34H,16-17H2,1-3H3/t26-,29-/m1/s1. The van der Waals surface area contributed by atoms with E-state index in [1.807, 2.05) is 91.8 Å². The van der Waals surface area contributed by atoms with E-state index < -0.39 is 11.5 Å². The Balaban J connectivity index is 2.10. The maximum absolute atomic E-state index is 12.8. The van der Waals surface area contributed by atoms with Gasteiger partial charge in [-0.15, -0.1) is 0 Å². The van der Waals surface area contributed by atoms with Crippen molar-refractivity contribution in [2.24, 2.45) is 0 Å². The highest BCUT2D eigenvalue weighted by atomic mass is 79.9. The van der Waals surface area contributed by atoms with Crippen LogP contribution in [0.3, 0.4) is 0 Å². The van der Waals surface area contributed by atoms with Gasteiger partial charge in [-0.3, -0.25) is 0 Å². The van der Waals surface area contributed by atoms with Crippen LogP contribution in [-0.2, 0) is 5.60 Å². The Morgan fingerprint density at radius 2 is 1.60 bits per heavy atom. The second-order valence-electron chi connectivity index (χ2n) is 9.02. The number of hydrogen-bond acceptors (Lipinski definition) is 5. The number of phenols is 2. The first-order valence-electron chi connectivity index (χ1n) is 11.5. The average Bonchev–Trinajstić information content (AvgIpc) is 2.86. The lowest BCUT2D eigenvalue weighted by molar-refractivity contribution is 0.00461. The zero-order valence-electron chi connectivity index (χ0n) is 20.1. The third-order valence-electron chi connectivity index (χ3n) is 6.52. The molecule has 3 N–H and O–H groups in total. The number of halogens is 1. The van der Waals surface area contributed by atoms with Crippen molar-refractivity contribution in [3.63, 3.8) is 0 Å². The number of hydrogen-bond donors (Lipinski definition) is 3.